The van der Waals surface area contributed by atoms with Crippen molar-refractivity contribution in [1.82, 2.24) is 4.90 Å². The van der Waals surface area contributed by atoms with Gasteiger partial charge in [0.2, 0.25) is 0 Å². The van der Waals surface area contributed by atoms with E-state index in [1.165, 1.54) is 23.1 Å². The van der Waals surface area contributed by atoms with Gasteiger partial charge in [-0.15, -0.1) is 0 Å². The van der Waals surface area contributed by atoms with E-state index < -0.39 is 5.82 Å². The smallest absolute Gasteiger partial charge is 0.253 e. The molecule has 2 aromatic rings. The van der Waals surface area contributed by atoms with Crippen LogP contribution in [-0.4, -0.2) is 17.9 Å². The maximum Gasteiger partial charge on any atom is 0.253 e. The Morgan fingerprint density at radius 2 is 1.90 bits per heavy atom. The second-order valence-electron chi connectivity index (χ2n) is 4.42. The summed E-state index contributed by atoms with van der Waals surface area (Å²) in [7, 11) is 1.65. The summed E-state index contributed by atoms with van der Waals surface area (Å²) in [4.78, 5) is 13.6. The number of halogens is 3. The van der Waals surface area contributed by atoms with Crippen LogP contribution >= 0.6 is 23.2 Å². The van der Waals surface area contributed by atoms with Gasteiger partial charge in [0.25, 0.3) is 5.91 Å². The SMILES string of the molecule is CN(Cc1ccc(Cl)c(Cl)c1)C(=O)c1cccc(F)c1. The standard InChI is InChI=1S/C15H12Cl2FNO/c1-19(9-10-5-6-13(16)14(17)7-10)15(20)11-3-2-4-12(18)8-11/h2-8H,9H2,1H3. The number of nitrogens with zero attached hydrogens (tertiary/aromatic N) is 1. The van der Waals surface area contributed by atoms with E-state index in [2.05, 4.69) is 0 Å². The van der Waals surface area contributed by atoms with Crippen LogP contribution in [0.4, 0.5) is 4.39 Å². The van der Waals surface area contributed by atoms with Crippen LogP contribution in [-0.2, 0) is 6.54 Å². The molecule has 0 bridgehead atoms. The first-order valence-corrected chi connectivity index (χ1v) is 6.68. The lowest BCUT2D eigenvalue weighted by molar-refractivity contribution is 0.0784. The summed E-state index contributed by atoms with van der Waals surface area (Å²) in [6, 6.07) is 10.8. The zero-order valence-corrected chi connectivity index (χ0v) is 12.2. The van der Waals surface area contributed by atoms with Crippen LogP contribution in [0.1, 0.15) is 15.9 Å². The molecule has 0 saturated heterocycles. The summed E-state index contributed by atoms with van der Waals surface area (Å²) >= 11 is 11.8. The monoisotopic (exact) mass is 311 g/mol. The van der Waals surface area contributed by atoms with Gasteiger partial charge in [-0.25, -0.2) is 4.39 Å². The molecule has 0 radical (unpaired) electrons. The molecule has 5 heteroatoms. The van der Waals surface area contributed by atoms with E-state index in [-0.39, 0.29) is 5.91 Å². The van der Waals surface area contributed by atoms with Crippen LogP contribution in [0.3, 0.4) is 0 Å². The number of rotatable bonds is 3. The quantitative estimate of drug-likeness (QED) is 0.822. The van der Waals surface area contributed by atoms with Gasteiger partial charge in [-0.05, 0) is 35.9 Å². The summed E-state index contributed by atoms with van der Waals surface area (Å²) in [5.74, 6) is -0.686. The van der Waals surface area contributed by atoms with Crippen molar-refractivity contribution in [3.05, 3.63) is 69.5 Å². The van der Waals surface area contributed by atoms with Crippen molar-refractivity contribution in [2.24, 2.45) is 0 Å². The van der Waals surface area contributed by atoms with Crippen molar-refractivity contribution in [3.63, 3.8) is 0 Å². The Balaban J connectivity index is 2.13. The molecular formula is C15H12Cl2FNO. The third-order valence-electron chi connectivity index (χ3n) is 2.82. The van der Waals surface area contributed by atoms with E-state index in [4.69, 9.17) is 23.2 Å². The molecule has 0 aliphatic heterocycles. The molecule has 2 nitrogen and oxygen atoms in total. The van der Waals surface area contributed by atoms with Crippen LogP contribution in [0.25, 0.3) is 0 Å². The highest BCUT2D eigenvalue weighted by atomic mass is 35.5. The van der Waals surface area contributed by atoms with Crippen molar-refractivity contribution in [3.8, 4) is 0 Å². The molecule has 0 unspecified atom stereocenters. The van der Waals surface area contributed by atoms with Crippen LogP contribution in [0.2, 0.25) is 10.0 Å². The summed E-state index contributed by atoms with van der Waals surface area (Å²) in [6.45, 7) is 0.367. The van der Waals surface area contributed by atoms with Gasteiger partial charge in [-0.3, -0.25) is 4.79 Å². The predicted molar refractivity (Wildman–Crippen MR) is 78.7 cm³/mol. The molecule has 0 heterocycles. The van der Waals surface area contributed by atoms with Crippen molar-refractivity contribution in [2.45, 2.75) is 6.54 Å². The number of carbonyl (C=O) groups excluding carboxylic acids is 1. The Hall–Kier alpha value is -1.58. The third kappa shape index (κ3) is 3.50. The Bertz CT molecular complexity index is 646. The Morgan fingerprint density at radius 1 is 1.15 bits per heavy atom. The molecule has 0 fully saturated rings. The molecule has 0 atom stereocenters. The lowest BCUT2D eigenvalue weighted by atomic mass is 10.1. The number of carbonyl (C=O) groups is 1. The minimum atomic E-state index is -0.432. The Morgan fingerprint density at radius 3 is 2.55 bits per heavy atom. The predicted octanol–water partition coefficient (Wildman–Crippen LogP) is 4.40. The van der Waals surface area contributed by atoms with Gasteiger partial charge in [0, 0.05) is 19.2 Å². The number of hydrogen-bond donors (Lipinski definition) is 0. The maximum atomic E-state index is 13.1. The van der Waals surface area contributed by atoms with Crippen molar-refractivity contribution < 1.29 is 9.18 Å². The zero-order chi connectivity index (χ0) is 14.7. The van der Waals surface area contributed by atoms with E-state index in [0.717, 1.165) is 5.56 Å². The molecule has 2 rings (SSSR count). The second kappa shape index (κ2) is 6.25. The van der Waals surface area contributed by atoms with Gasteiger partial charge in [0.1, 0.15) is 5.82 Å². The molecule has 1 amide bonds. The highest BCUT2D eigenvalue weighted by molar-refractivity contribution is 6.42. The van der Waals surface area contributed by atoms with Crippen LogP contribution in [0.15, 0.2) is 42.5 Å². The maximum absolute atomic E-state index is 13.1. The number of amides is 1. The zero-order valence-electron chi connectivity index (χ0n) is 10.7. The molecule has 0 aliphatic rings. The van der Waals surface area contributed by atoms with E-state index in [0.29, 0.717) is 22.2 Å². The van der Waals surface area contributed by atoms with Gasteiger partial charge in [-0.2, -0.15) is 0 Å². The summed E-state index contributed by atoms with van der Waals surface area (Å²) in [6.07, 6.45) is 0. The summed E-state index contributed by atoms with van der Waals surface area (Å²) in [5.41, 5.74) is 1.17. The highest BCUT2D eigenvalue weighted by Crippen LogP contribution is 2.23. The molecular weight excluding hydrogens is 300 g/mol. The van der Waals surface area contributed by atoms with Crippen molar-refractivity contribution in [1.29, 1.82) is 0 Å². The van der Waals surface area contributed by atoms with Crippen LogP contribution in [0.5, 0.6) is 0 Å². The number of hydrogen-bond acceptors (Lipinski definition) is 1. The molecule has 0 aliphatic carbocycles. The normalized spacial score (nSPS) is 10.4. The van der Waals surface area contributed by atoms with Crippen LogP contribution in [0, 0.1) is 5.82 Å². The average molecular weight is 312 g/mol. The summed E-state index contributed by atoms with van der Waals surface area (Å²) < 4.78 is 13.1. The number of benzene rings is 2. The second-order valence-corrected chi connectivity index (χ2v) is 5.23. The third-order valence-corrected chi connectivity index (χ3v) is 3.56. The molecule has 0 spiro atoms. The van der Waals surface area contributed by atoms with Crippen molar-refractivity contribution in [2.75, 3.05) is 7.05 Å². The first-order valence-electron chi connectivity index (χ1n) is 5.92. The van der Waals surface area contributed by atoms with Crippen molar-refractivity contribution >= 4 is 29.1 Å². The molecule has 2 aromatic carbocycles. The van der Waals surface area contributed by atoms with E-state index in [1.54, 1.807) is 31.3 Å². The van der Waals surface area contributed by atoms with Gasteiger partial charge in [0.05, 0.1) is 10.0 Å². The van der Waals surface area contributed by atoms with E-state index in [9.17, 15) is 9.18 Å². The average Bonchev–Trinajstić information content (AvgIpc) is 2.42. The van der Waals surface area contributed by atoms with Gasteiger partial charge in [-0.1, -0.05) is 35.3 Å². The molecule has 0 aromatic heterocycles. The molecule has 104 valence electrons. The fraction of sp³-hybridized carbons (Fsp3) is 0.133. The molecule has 0 saturated carbocycles. The minimum absolute atomic E-state index is 0.254. The summed E-state index contributed by atoms with van der Waals surface area (Å²) in [5, 5.41) is 0.908. The van der Waals surface area contributed by atoms with Gasteiger partial charge in [0.15, 0.2) is 0 Å². The Kier molecular flexibility index (Phi) is 4.63. The Labute approximate surface area is 126 Å². The fourth-order valence-electron chi connectivity index (χ4n) is 1.83. The topological polar surface area (TPSA) is 20.3 Å². The first kappa shape index (κ1) is 14.8. The minimum Gasteiger partial charge on any atom is -0.337 e. The lowest BCUT2D eigenvalue weighted by Gasteiger charge is -2.17. The fourth-order valence-corrected chi connectivity index (χ4v) is 2.15. The van der Waals surface area contributed by atoms with Gasteiger partial charge < -0.3 is 4.90 Å². The molecule has 0 N–H and O–H groups in total. The van der Waals surface area contributed by atoms with Crippen LogP contribution < -0.4 is 0 Å². The van der Waals surface area contributed by atoms with Gasteiger partial charge >= 0.3 is 0 Å². The first-order chi connectivity index (χ1) is 9.47. The highest BCUT2D eigenvalue weighted by Gasteiger charge is 2.13. The van der Waals surface area contributed by atoms with E-state index in [1.807, 2.05) is 0 Å². The van der Waals surface area contributed by atoms with E-state index >= 15 is 0 Å². The lowest BCUT2D eigenvalue weighted by Crippen LogP contribution is -2.26. The molecule has 20 heavy (non-hydrogen) atoms. The largest absolute Gasteiger partial charge is 0.337 e.